The second-order valence-corrected chi connectivity index (χ2v) is 13.7. The molecule has 4 atom stereocenters. The molecule has 0 spiro atoms. The van der Waals surface area contributed by atoms with Gasteiger partial charge in [0.15, 0.2) is 0 Å². The molecule has 1 aromatic heterocycles. The van der Waals surface area contributed by atoms with Crippen LogP contribution in [0.3, 0.4) is 0 Å². The van der Waals surface area contributed by atoms with Gasteiger partial charge in [0.1, 0.15) is 35.3 Å². The van der Waals surface area contributed by atoms with Crippen LogP contribution in [0.1, 0.15) is 64.6 Å². The van der Waals surface area contributed by atoms with Crippen LogP contribution in [-0.4, -0.2) is 93.1 Å². The number of alkyl carbamates (subject to hydrolysis) is 1. The maximum absolute atomic E-state index is 14.0. The fourth-order valence-corrected chi connectivity index (χ4v) is 5.50. The summed E-state index contributed by atoms with van der Waals surface area (Å²) in [6.45, 7) is 8.70. The molecular formula is C36H48N6O8. The van der Waals surface area contributed by atoms with Gasteiger partial charge in [0.05, 0.1) is 32.7 Å². The molecule has 1 aliphatic rings. The Morgan fingerprint density at radius 2 is 1.66 bits per heavy atom. The van der Waals surface area contributed by atoms with E-state index in [4.69, 9.17) is 14.2 Å². The number of imidazole rings is 1. The van der Waals surface area contributed by atoms with Gasteiger partial charge in [0.25, 0.3) is 5.91 Å². The molecular weight excluding hydrogens is 644 g/mol. The summed E-state index contributed by atoms with van der Waals surface area (Å²) in [5, 5.41) is 19.6. The topological polar surface area (TPSA) is 173 Å². The number of carbonyl (C=O) groups excluding carboxylic acids is 4. The molecule has 3 amide bonds. The minimum atomic E-state index is -1.41. The van der Waals surface area contributed by atoms with Crippen LogP contribution in [0.15, 0.2) is 73.2 Å². The van der Waals surface area contributed by atoms with E-state index in [0.29, 0.717) is 24.9 Å². The number of nitrogens with one attached hydrogen (secondary N) is 3. The fraction of sp³-hybridized carbons (Fsp3) is 0.472. The number of aliphatic hydroxyl groups excluding tert-OH is 1. The molecule has 1 aliphatic heterocycles. The molecule has 0 aliphatic carbocycles. The lowest BCUT2D eigenvalue weighted by Crippen LogP contribution is -2.60. The first-order valence-corrected chi connectivity index (χ1v) is 16.5. The summed E-state index contributed by atoms with van der Waals surface area (Å²) in [4.78, 5) is 58.3. The van der Waals surface area contributed by atoms with Crippen molar-refractivity contribution >= 4 is 29.7 Å². The number of anilines is 1. The predicted molar refractivity (Wildman–Crippen MR) is 185 cm³/mol. The van der Waals surface area contributed by atoms with Crippen molar-refractivity contribution in [3.8, 4) is 0 Å². The Kier molecular flexibility index (Phi) is 12.6. The van der Waals surface area contributed by atoms with Gasteiger partial charge in [0, 0.05) is 12.7 Å². The maximum atomic E-state index is 14.0. The molecule has 0 saturated carbocycles. The van der Waals surface area contributed by atoms with Crippen LogP contribution >= 0.6 is 0 Å². The zero-order valence-corrected chi connectivity index (χ0v) is 29.4. The highest BCUT2D eigenvalue weighted by Crippen LogP contribution is 2.28. The third kappa shape index (κ3) is 10.3. The third-order valence-electron chi connectivity index (χ3n) is 8.04. The van der Waals surface area contributed by atoms with Crippen molar-refractivity contribution in [3.63, 3.8) is 0 Å². The summed E-state index contributed by atoms with van der Waals surface area (Å²) in [5.74, 6) is -1.15. The molecule has 14 nitrogen and oxygen atoms in total. The summed E-state index contributed by atoms with van der Waals surface area (Å²) in [7, 11) is 1.30. The minimum Gasteiger partial charge on any atom is -0.467 e. The van der Waals surface area contributed by atoms with Gasteiger partial charge in [-0.2, -0.15) is 0 Å². The molecule has 4 rings (SSSR count). The van der Waals surface area contributed by atoms with Gasteiger partial charge in [-0.25, -0.2) is 14.6 Å². The molecule has 0 radical (unpaired) electrons. The SMILES string of the molecule is COC(=O)[C@@H]1CCCN1C(=O)C(c1ccccc1)n1cnc(N[C@H](O)[C@@H](COCc2ccccc2)NC(=O)C(C)(C)NC(=O)OC(C)(C)C)c1. The van der Waals surface area contributed by atoms with Crippen LogP contribution in [0.5, 0.6) is 0 Å². The average Bonchev–Trinajstić information content (AvgIpc) is 3.74. The molecule has 270 valence electrons. The van der Waals surface area contributed by atoms with Gasteiger partial charge in [0.2, 0.25) is 5.91 Å². The van der Waals surface area contributed by atoms with Gasteiger partial charge in [-0.1, -0.05) is 60.7 Å². The number of aromatic nitrogens is 2. The number of methoxy groups -OCH3 is 1. The number of likely N-dealkylation sites (tertiary alicyclic amines) is 1. The van der Waals surface area contributed by atoms with E-state index in [-0.39, 0.29) is 24.9 Å². The molecule has 1 saturated heterocycles. The predicted octanol–water partition coefficient (Wildman–Crippen LogP) is 3.37. The van der Waals surface area contributed by atoms with Crippen LogP contribution in [0.25, 0.3) is 0 Å². The van der Waals surface area contributed by atoms with Crippen molar-refractivity contribution in [2.45, 2.75) is 89.6 Å². The lowest BCUT2D eigenvalue weighted by molar-refractivity contribution is -0.151. The van der Waals surface area contributed by atoms with Crippen molar-refractivity contribution in [2.24, 2.45) is 0 Å². The number of aliphatic hydroxyl groups is 1. The first-order chi connectivity index (χ1) is 23.7. The van der Waals surface area contributed by atoms with E-state index in [1.54, 1.807) is 31.5 Å². The smallest absolute Gasteiger partial charge is 0.408 e. The molecule has 0 bridgehead atoms. The van der Waals surface area contributed by atoms with Crippen molar-refractivity contribution in [3.05, 3.63) is 84.3 Å². The largest absolute Gasteiger partial charge is 0.467 e. The number of esters is 1. The van der Waals surface area contributed by atoms with Gasteiger partial charge in [-0.15, -0.1) is 0 Å². The zero-order valence-electron chi connectivity index (χ0n) is 29.4. The van der Waals surface area contributed by atoms with Crippen LogP contribution in [0.4, 0.5) is 10.6 Å². The molecule has 2 heterocycles. The quantitative estimate of drug-likeness (QED) is 0.145. The van der Waals surface area contributed by atoms with Crippen LogP contribution in [0.2, 0.25) is 0 Å². The Hall–Kier alpha value is -4.95. The number of nitrogens with zero attached hydrogens (tertiary/aromatic N) is 3. The lowest BCUT2D eigenvalue weighted by atomic mass is 10.0. The summed E-state index contributed by atoms with van der Waals surface area (Å²) in [6, 6.07) is 16.0. The van der Waals surface area contributed by atoms with Gasteiger partial charge in [-0.05, 0) is 58.6 Å². The minimum absolute atomic E-state index is 0.104. The summed E-state index contributed by atoms with van der Waals surface area (Å²) in [6.07, 6.45) is 2.02. The Bertz CT molecular complexity index is 1590. The molecule has 1 unspecified atom stereocenters. The first kappa shape index (κ1) is 37.9. The maximum Gasteiger partial charge on any atom is 0.408 e. The summed E-state index contributed by atoms with van der Waals surface area (Å²) >= 11 is 0. The number of amides is 3. The number of carbonyl (C=O) groups is 4. The Morgan fingerprint density at radius 3 is 2.30 bits per heavy atom. The monoisotopic (exact) mass is 692 g/mol. The first-order valence-electron chi connectivity index (χ1n) is 16.5. The highest BCUT2D eigenvalue weighted by atomic mass is 16.6. The van der Waals surface area contributed by atoms with Crippen molar-refractivity contribution in [1.29, 1.82) is 0 Å². The molecule has 50 heavy (non-hydrogen) atoms. The zero-order chi connectivity index (χ0) is 36.5. The van der Waals surface area contributed by atoms with Crippen molar-refractivity contribution in [1.82, 2.24) is 25.1 Å². The van der Waals surface area contributed by atoms with E-state index in [0.717, 1.165) is 5.56 Å². The second kappa shape index (κ2) is 16.6. The van der Waals surface area contributed by atoms with E-state index in [1.807, 2.05) is 60.7 Å². The van der Waals surface area contributed by atoms with E-state index in [1.165, 1.54) is 32.2 Å². The van der Waals surface area contributed by atoms with Gasteiger partial charge < -0.3 is 44.7 Å². The Balaban J connectivity index is 1.53. The van der Waals surface area contributed by atoms with E-state index in [2.05, 4.69) is 20.9 Å². The lowest BCUT2D eigenvalue weighted by Gasteiger charge is -2.31. The van der Waals surface area contributed by atoms with Gasteiger partial charge >= 0.3 is 12.1 Å². The highest BCUT2D eigenvalue weighted by molar-refractivity contribution is 5.90. The Morgan fingerprint density at radius 1 is 1.00 bits per heavy atom. The Labute approximate surface area is 292 Å². The summed E-state index contributed by atoms with van der Waals surface area (Å²) in [5.41, 5.74) is -0.607. The highest BCUT2D eigenvalue weighted by Gasteiger charge is 2.39. The summed E-state index contributed by atoms with van der Waals surface area (Å²) < 4.78 is 17.8. The number of hydrogen-bond acceptors (Lipinski definition) is 10. The number of rotatable bonds is 14. The number of ether oxygens (including phenoxy) is 3. The molecule has 2 aromatic carbocycles. The number of hydrogen-bond donors (Lipinski definition) is 4. The molecule has 14 heteroatoms. The number of benzene rings is 2. The normalized spacial score (nSPS) is 16.5. The molecule has 1 fully saturated rings. The van der Waals surface area contributed by atoms with Crippen molar-refractivity contribution < 1.29 is 38.5 Å². The standard InChI is InChI=1S/C36H48N6O8/c1-35(2,3)50-34(47)40-36(4,5)33(46)38-26(22-49-21-24-14-9-7-10-15-24)30(43)39-28-20-41(23-37-28)29(25-16-11-8-12-17-25)31(44)42-19-13-18-27(42)32(45)48-6/h7-12,14-17,20,23,26-27,29-30,39,43H,13,18-19,21-22H2,1-6H3,(H,38,46)(H,40,47)/t26-,27+,29?,30-/m1/s1. The molecule has 4 N–H and O–H groups in total. The van der Waals surface area contributed by atoms with Gasteiger partial charge in [-0.3, -0.25) is 9.59 Å². The van der Waals surface area contributed by atoms with Crippen LogP contribution in [0, 0.1) is 0 Å². The molecule has 3 aromatic rings. The fourth-order valence-electron chi connectivity index (χ4n) is 5.50. The van der Waals surface area contributed by atoms with E-state index < -0.39 is 53.5 Å². The average molecular weight is 693 g/mol. The van der Waals surface area contributed by atoms with E-state index >= 15 is 0 Å². The van der Waals surface area contributed by atoms with Crippen molar-refractivity contribution in [2.75, 3.05) is 25.6 Å². The van der Waals surface area contributed by atoms with E-state index in [9.17, 15) is 24.3 Å². The third-order valence-corrected chi connectivity index (χ3v) is 8.04. The van der Waals surface area contributed by atoms with Crippen LogP contribution < -0.4 is 16.0 Å². The second-order valence-electron chi connectivity index (χ2n) is 13.7. The van der Waals surface area contributed by atoms with Crippen LogP contribution in [-0.2, 0) is 35.2 Å².